The Kier molecular flexibility index (Phi) is 5.37. The Hall–Kier alpha value is -1.39. The van der Waals surface area contributed by atoms with E-state index in [4.69, 9.17) is 0 Å². The van der Waals surface area contributed by atoms with Gasteiger partial charge in [-0.3, -0.25) is 9.69 Å². The highest BCUT2D eigenvalue weighted by Crippen LogP contribution is 2.39. The van der Waals surface area contributed by atoms with Crippen LogP contribution in [0.15, 0.2) is 24.3 Å². The molecule has 0 amide bonds. The van der Waals surface area contributed by atoms with E-state index in [9.17, 15) is 9.90 Å². The van der Waals surface area contributed by atoms with Crippen molar-refractivity contribution >= 4 is 5.97 Å². The Bertz CT molecular complexity index is 487. The minimum Gasteiger partial charge on any atom is -0.480 e. The van der Waals surface area contributed by atoms with Crippen LogP contribution in [0.1, 0.15) is 42.9 Å². The fourth-order valence-corrected chi connectivity index (χ4v) is 3.21. The maximum Gasteiger partial charge on any atom is 0.317 e. The fourth-order valence-electron chi connectivity index (χ4n) is 3.21. The van der Waals surface area contributed by atoms with E-state index in [-0.39, 0.29) is 12.6 Å². The van der Waals surface area contributed by atoms with Crippen LogP contribution in [-0.4, -0.2) is 54.6 Å². The van der Waals surface area contributed by atoms with E-state index in [1.54, 1.807) is 0 Å². The summed E-state index contributed by atoms with van der Waals surface area (Å²) >= 11 is 0. The van der Waals surface area contributed by atoms with Gasteiger partial charge in [0.05, 0.1) is 6.54 Å². The zero-order chi connectivity index (χ0) is 15.4. The molecule has 2 atom stereocenters. The third kappa shape index (κ3) is 4.05. The number of benzene rings is 1. The predicted octanol–water partition coefficient (Wildman–Crippen LogP) is 2.57. The number of likely N-dealkylation sites (N-methyl/N-ethyl adjacent to an activating group) is 1. The molecule has 1 aromatic carbocycles. The van der Waals surface area contributed by atoms with Gasteiger partial charge in [0.15, 0.2) is 0 Å². The van der Waals surface area contributed by atoms with Crippen LogP contribution >= 0.6 is 0 Å². The van der Waals surface area contributed by atoms with Crippen molar-refractivity contribution in [1.82, 2.24) is 9.80 Å². The van der Waals surface area contributed by atoms with Gasteiger partial charge < -0.3 is 10.0 Å². The van der Waals surface area contributed by atoms with Gasteiger partial charge in [0.25, 0.3) is 0 Å². The molecule has 0 aliphatic heterocycles. The summed E-state index contributed by atoms with van der Waals surface area (Å²) in [6.07, 6.45) is 2.17. The van der Waals surface area contributed by atoms with E-state index in [2.05, 4.69) is 41.0 Å². The van der Waals surface area contributed by atoms with Gasteiger partial charge in [-0.05, 0) is 44.0 Å². The van der Waals surface area contributed by atoms with Crippen molar-refractivity contribution in [2.24, 2.45) is 0 Å². The third-order valence-electron chi connectivity index (χ3n) is 4.37. The molecule has 4 heteroatoms. The zero-order valence-electron chi connectivity index (χ0n) is 13.2. The summed E-state index contributed by atoms with van der Waals surface area (Å²) in [6.45, 7) is 4.03. The van der Waals surface area contributed by atoms with Crippen LogP contribution in [0, 0.1) is 0 Å². The SMILES string of the molecule is CC1CCC(N(CCN(C)C)CC(=O)O)c2ccccc21. The molecule has 0 saturated heterocycles. The maximum absolute atomic E-state index is 11.2. The molecule has 1 aliphatic rings. The number of hydrogen-bond donors (Lipinski definition) is 1. The smallest absolute Gasteiger partial charge is 0.317 e. The second-order valence-corrected chi connectivity index (χ2v) is 6.29. The number of nitrogens with zero attached hydrogens (tertiary/aromatic N) is 2. The summed E-state index contributed by atoms with van der Waals surface area (Å²) < 4.78 is 0. The average Bonchev–Trinajstić information content (AvgIpc) is 2.44. The molecule has 1 aliphatic carbocycles. The molecule has 0 fully saturated rings. The minimum absolute atomic E-state index is 0.112. The van der Waals surface area contributed by atoms with Crippen molar-refractivity contribution in [3.8, 4) is 0 Å². The first kappa shape index (κ1) is 16.0. The van der Waals surface area contributed by atoms with E-state index in [1.165, 1.54) is 11.1 Å². The average molecular weight is 290 g/mol. The van der Waals surface area contributed by atoms with Crippen molar-refractivity contribution in [3.05, 3.63) is 35.4 Å². The Morgan fingerprint density at radius 1 is 1.19 bits per heavy atom. The fraction of sp³-hybridized carbons (Fsp3) is 0.588. The van der Waals surface area contributed by atoms with Crippen molar-refractivity contribution in [1.29, 1.82) is 0 Å². The second-order valence-electron chi connectivity index (χ2n) is 6.29. The third-order valence-corrected chi connectivity index (χ3v) is 4.37. The summed E-state index contributed by atoms with van der Waals surface area (Å²) in [5.41, 5.74) is 2.70. The van der Waals surface area contributed by atoms with Gasteiger partial charge in [0.1, 0.15) is 0 Å². The monoisotopic (exact) mass is 290 g/mol. The largest absolute Gasteiger partial charge is 0.480 e. The lowest BCUT2D eigenvalue weighted by Gasteiger charge is -2.37. The lowest BCUT2D eigenvalue weighted by Crippen LogP contribution is -2.39. The molecule has 1 aromatic rings. The molecule has 1 N–H and O–H groups in total. The molecule has 0 bridgehead atoms. The first-order chi connectivity index (χ1) is 9.99. The number of hydrogen-bond acceptors (Lipinski definition) is 3. The molecule has 0 heterocycles. The van der Waals surface area contributed by atoms with Crippen LogP contribution in [0.25, 0.3) is 0 Å². The normalized spacial score (nSPS) is 21.6. The topological polar surface area (TPSA) is 43.8 Å². The van der Waals surface area contributed by atoms with Crippen molar-refractivity contribution in [2.45, 2.75) is 31.7 Å². The second kappa shape index (κ2) is 7.05. The Morgan fingerprint density at radius 2 is 1.86 bits per heavy atom. The first-order valence-electron chi connectivity index (χ1n) is 7.68. The van der Waals surface area contributed by atoms with Gasteiger partial charge in [-0.1, -0.05) is 31.2 Å². The molecule has 0 saturated carbocycles. The van der Waals surface area contributed by atoms with Crippen molar-refractivity contribution in [2.75, 3.05) is 33.7 Å². The van der Waals surface area contributed by atoms with Crippen molar-refractivity contribution in [3.63, 3.8) is 0 Å². The van der Waals surface area contributed by atoms with Gasteiger partial charge in [-0.25, -0.2) is 0 Å². The molecule has 4 nitrogen and oxygen atoms in total. The summed E-state index contributed by atoms with van der Waals surface area (Å²) in [6, 6.07) is 8.74. The van der Waals surface area contributed by atoms with Gasteiger partial charge in [-0.2, -0.15) is 0 Å². The van der Waals surface area contributed by atoms with E-state index in [0.29, 0.717) is 5.92 Å². The van der Waals surface area contributed by atoms with Crippen LogP contribution in [0.5, 0.6) is 0 Å². The summed E-state index contributed by atoms with van der Waals surface area (Å²) in [4.78, 5) is 15.4. The molecule has 0 aromatic heterocycles. The number of carboxylic acids is 1. The lowest BCUT2D eigenvalue weighted by molar-refractivity contribution is -0.139. The Labute approximate surface area is 127 Å². The summed E-state index contributed by atoms with van der Waals surface area (Å²) in [7, 11) is 4.05. The Morgan fingerprint density at radius 3 is 2.48 bits per heavy atom. The number of aliphatic carboxylic acids is 1. The molecule has 2 unspecified atom stereocenters. The van der Waals surface area contributed by atoms with E-state index in [1.807, 2.05) is 14.1 Å². The standard InChI is InChI=1S/C17H26N2O2/c1-13-8-9-16(15-7-5-4-6-14(13)15)19(12-17(20)21)11-10-18(2)3/h4-7,13,16H,8-12H2,1-3H3,(H,20,21). The molecular weight excluding hydrogens is 264 g/mol. The zero-order valence-corrected chi connectivity index (χ0v) is 13.2. The van der Waals surface area contributed by atoms with E-state index >= 15 is 0 Å². The molecule has 21 heavy (non-hydrogen) atoms. The molecule has 0 spiro atoms. The number of fused-ring (bicyclic) bond motifs is 1. The minimum atomic E-state index is -0.746. The van der Waals surface area contributed by atoms with Gasteiger partial charge in [-0.15, -0.1) is 0 Å². The number of rotatable bonds is 6. The van der Waals surface area contributed by atoms with E-state index in [0.717, 1.165) is 25.9 Å². The first-order valence-corrected chi connectivity index (χ1v) is 7.68. The molecule has 2 rings (SSSR count). The predicted molar refractivity (Wildman–Crippen MR) is 84.6 cm³/mol. The number of carbonyl (C=O) groups is 1. The molecular formula is C17H26N2O2. The van der Waals surface area contributed by atoms with Gasteiger partial charge in [0, 0.05) is 19.1 Å². The van der Waals surface area contributed by atoms with Crippen molar-refractivity contribution < 1.29 is 9.90 Å². The van der Waals surface area contributed by atoms with Crippen LogP contribution in [0.3, 0.4) is 0 Å². The maximum atomic E-state index is 11.2. The van der Waals surface area contributed by atoms with Gasteiger partial charge >= 0.3 is 5.97 Å². The van der Waals surface area contributed by atoms with Crippen LogP contribution < -0.4 is 0 Å². The molecule has 116 valence electrons. The summed E-state index contributed by atoms with van der Waals surface area (Å²) in [5, 5.41) is 9.22. The summed E-state index contributed by atoms with van der Waals surface area (Å²) in [5.74, 6) is -0.178. The quantitative estimate of drug-likeness (QED) is 0.874. The highest BCUT2D eigenvalue weighted by molar-refractivity contribution is 5.69. The van der Waals surface area contributed by atoms with Crippen LogP contribution in [0.4, 0.5) is 0 Å². The number of carboxylic acid groups (broad SMARTS) is 1. The Balaban J connectivity index is 2.23. The highest BCUT2D eigenvalue weighted by Gasteiger charge is 2.29. The highest BCUT2D eigenvalue weighted by atomic mass is 16.4. The van der Waals surface area contributed by atoms with Crippen LogP contribution in [0.2, 0.25) is 0 Å². The van der Waals surface area contributed by atoms with Gasteiger partial charge in [0.2, 0.25) is 0 Å². The van der Waals surface area contributed by atoms with Crippen LogP contribution in [-0.2, 0) is 4.79 Å². The molecule has 0 radical (unpaired) electrons. The lowest BCUT2D eigenvalue weighted by atomic mass is 9.80. The van der Waals surface area contributed by atoms with E-state index < -0.39 is 5.97 Å².